The van der Waals surface area contributed by atoms with E-state index in [0.29, 0.717) is 41.3 Å². The van der Waals surface area contributed by atoms with Gasteiger partial charge in [0.1, 0.15) is 11.3 Å². The van der Waals surface area contributed by atoms with Crippen molar-refractivity contribution >= 4 is 35.1 Å². The fourth-order valence-electron chi connectivity index (χ4n) is 4.85. The van der Waals surface area contributed by atoms with Crippen molar-refractivity contribution in [3.05, 3.63) is 64.2 Å². The van der Waals surface area contributed by atoms with Crippen molar-refractivity contribution in [3.63, 3.8) is 0 Å². The van der Waals surface area contributed by atoms with E-state index in [4.69, 9.17) is 14.9 Å². The molecule has 2 aliphatic heterocycles. The van der Waals surface area contributed by atoms with Crippen LogP contribution in [0.1, 0.15) is 44.0 Å². The molecule has 0 aliphatic carbocycles. The number of fused-ring (bicyclic) bond motifs is 3. The monoisotopic (exact) mass is 494 g/mol. The van der Waals surface area contributed by atoms with Gasteiger partial charge in [0.25, 0.3) is 11.8 Å². The van der Waals surface area contributed by atoms with Crippen molar-refractivity contribution < 1.29 is 32.7 Å². The maximum absolute atomic E-state index is 14.8. The summed E-state index contributed by atoms with van der Waals surface area (Å²) < 4.78 is 25.7. The van der Waals surface area contributed by atoms with Gasteiger partial charge in [-0.05, 0) is 48.2 Å². The lowest BCUT2D eigenvalue weighted by molar-refractivity contribution is -0.114. The molecule has 1 aromatic heterocycles. The number of nitrogens with two attached hydrogens (primary N) is 1. The van der Waals surface area contributed by atoms with Gasteiger partial charge < -0.3 is 35.2 Å². The number of amides is 4. The van der Waals surface area contributed by atoms with E-state index >= 15 is 0 Å². The minimum atomic E-state index is -1.86. The predicted octanol–water partition coefficient (Wildman–Crippen LogP) is 1.97. The lowest BCUT2D eigenvalue weighted by Crippen LogP contribution is -2.55. The second-order valence-electron chi connectivity index (χ2n) is 8.87. The maximum Gasteiger partial charge on any atom is 0.313 e. The van der Waals surface area contributed by atoms with E-state index in [1.807, 2.05) is 0 Å². The Balaban J connectivity index is 1.55. The summed E-state index contributed by atoms with van der Waals surface area (Å²) in [7, 11) is 1.29. The van der Waals surface area contributed by atoms with Gasteiger partial charge in [0.2, 0.25) is 0 Å². The molecule has 10 nitrogen and oxygen atoms in total. The lowest BCUT2D eigenvalue weighted by Gasteiger charge is -2.30. The summed E-state index contributed by atoms with van der Waals surface area (Å²) in [5.41, 5.74) is 5.41. The first-order chi connectivity index (χ1) is 17.3. The summed E-state index contributed by atoms with van der Waals surface area (Å²) in [5, 5.41) is 5.84. The minimum absolute atomic E-state index is 0.000190. The molecule has 11 heteroatoms. The average Bonchev–Trinajstić information content (AvgIpc) is 3.35. The largest absolute Gasteiger partial charge is 0.494 e. The number of hydrogen-bond acceptors (Lipinski definition) is 6. The van der Waals surface area contributed by atoms with Gasteiger partial charge in [0.05, 0.1) is 19.2 Å². The van der Waals surface area contributed by atoms with E-state index in [9.17, 15) is 23.6 Å². The zero-order chi connectivity index (χ0) is 25.6. The zero-order valence-corrected chi connectivity index (χ0v) is 19.4. The Bertz CT molecular complexity index is 1430. The molecule has 3 heterocycles. The molecule has 5 rings (SSSR count). The van der Waals surface area contributed by atoms with Crippen LogP contribution >= 0.6 is 0 Å². The number of ether oxygens (including phenoxy) is 1. The third-order valence-electron chi connectivity index (χ3n) is 6.60. The van der Waals surface area contributed by atoms with E-state index in [2.05, 4.69) is 10.6 Å². The summed E-state index contributed by atoms with van der Waals surface area (Å²) in [6.07, 6.45) is 1.88. The van der Waals surface area contributed by atoms with Crippen LogP contribution in [0.15, 0.2) is 34.7 Å². The topological polar surface area (TPSA) is 144 Å². The van der Waals surface area contributed by atoms with Gasteiger partial charge in [0, 0.05) is 24.0 Å². The second-order valence-corrected chi connectivity index (χ2v) is 8.87. The highest BCUT2D eigenvalue weighted by Gasteiger charge is 2.43. The molecule has 2 aliphatic rings. The molecule has 186 valence electrons. The number of aryl methyl sites for hydroxylation is 1. The number of primary amides is 1. The van der Waals surface area contributed by atoms with Crippen molar-refractivity contribution in [2.75, 3.05) is 20.2 Å². The van der Waals surface area contributed by atoms with Gasteiger partial charge in [-0.3, -0.25) is 9.59 Å². The number of hydrogen-bond donors (Lipinski definition) is 3. The van der Waals surface area contributed by atoms with E-state index in [1.54, 1.807) is 24.3 Å². The second kappa shape index (κ2) is 8.67. The fraction of sp³-hybridized carbons (Fsp3) is 0.280. The zero-order valence-electron chi connectivity index (χ0n) is 19.4. The standard InChI is InChI=1S/C25H23FN4O6/c1-35-17-5-4-14-10-30(23(33)20(14)21(17)26)11-25(12-31,29-24(27)34)19-8-15-7-13-3-2-6-28-22(32)16(13)9-18(15)36-19/h4-5,7-9,12H,2-3,6,10-11H2,1H3,(H,28,32)(H3,27,29,34)/t25-/m1/s1. The molecule has 0 unspecified atom stereocenters. The number of carbonyl (C=O) groups excluding carboxylic acids is 4. The number of furan rings is 1. The molecule has 1 atom stereocenters. The predicted molar refractivity (Wildman–Crippen MR) is 125 cm³/mol. The Morgan fingerprint density at radius 3 is 2.83 bits per heavy atom. The normalized spacial score (nSPS) is 16.6. The van der Waals surface area contributed by atoms with Crippen LogP contribution in [0, 0.1) is 5.82 Å². The molecule has 0 spiro atoms. The van der Waals surface area contributed by atoms with Crippen LogP contribution < -0.4 is 21.1 Å². The number of methoxy groups -OCH3 is 1. The Kier molecular flexibility index (Phi) is 5.62. The molecule has 4 N–H and O–H groups in total. The summed E-state index contributed by atoms with van der Waals surface area (Å²) in [6.45, 7) is 0.199. The molecular formula is C25H23FN4O6. The van der Waals surface area contributed by atoms with E-state index in [1.165, 1.54) is 18.1 Å². The van der Waals surface area contributed by atoms with Crippen LogP contribution in [0.4, 0.5) is 9.18 Å². The highest BCUT2D eigenvalue weighted by Crippen LogP contribution is 2.35. The molecular weight excluding hydrogens is 471 g/mol. The minimum Gasteiger partial charge on any atom is -0.494 e. The Labute approximate surface area is 204 Å². The van der Waals surface area contributed by atoms with Crippen LogP contribution in [-0.2, 0) is 23.3 Å². The first-order valence-electron chi connectivity index (χ1n) is 11.3. The van der Waals surface area contributed by atoms with Crippen molar-refractivity contribution in [2.45, 2.75) is 24.9 Å². The van der Waals surface area contributed by atoms with Crippen molar-refractivity contribution in [3.8, 4) is 5.75 Å². The number of urea groups is 1. The van der Waals surface area contributed by atoms with Crippen LogP contribution in [0.3, 0.4) is 0 Å². The third kappa shape index (κ3) is 3.72. The van der Waals surface area contributed by atoms with Gasteiger partial charge in [-0.25, -0.2) is 9.18 Å². The molecule has 3 aromatic rings. The van der Waals surface area contributed by atoms with Crippen LogP contribution in [0.2, 0.25) is 0 Å². The molecule has 0 saturated heterocycles. The lowest BCUT2D eigenvalue weighted by atomic mass is 9.96. The van der Waals surface area contributed by atoms with E-state index in [0.717, 1.165) is 12.0 Å². The number of halogens is 1. The van der Waals surface area contributed by atoms with Gasteiger partial charge in [0.15, 0.2) is 23.4 Å². The van der Waals surface area contributed by atoms with E-state index in [-0.39, 0.29) is 36.1 Å². The molecule has 0 radical (unpaired) electrons. The number of carbonyl (C=O) groups is 4. The van der Waals surface area contributed by atoms with Gasteiger partial charge in [-0.1, -0.05) is 6.07 Å². The van der Waals surface area contributed by atoms with Crippen LogP contribution in [0.25, 0.3) is 11.0 Å². The van der Waals surface area contributed by atoms with Gasteiger partial charge >= 0.3 is 6.03 Å². The first kappa shape index (κ1) is 23.3. The van der Waals surface area contributed by atoms with Crippen molar-refractivity contribution in [2.24, 2.45) is 5.73 Å². The van der Waals surface area contributed by atoms with E-state index < -0.39 is 23.3 Å². The Morgan fingerprint density at radius 2 is 2.11 bits per heavy atom. The molecule has 0 fully saturated rings. The summed E-state index contributed by atoms with van der Waals surface area (Å²) >= 11 is 0. The molecule has 4 amide bonds. The maximum atomic E-state index is 14.8. The molecule has 0 saturated carbocycles. The van der Waals surface area contributed by atoms with Crippen LogP contribution in [0.5, 0.6) is 5.75 Å². The van der Waals surface area contributed by atoms with Crippen molar-refractivity contribution in [1.82, 2.24) is 15.5 Å². The SMILES string of the molecule is COc1ccc2c(c1F)C(=O)N(C[C@](C=O)(NC(N)=O)c1cc3cc4c(cc3o1)C(=O)NCCC4)C2. The third-order valence-corrected chi connectivity index (χ3v) is 6.60. The first-order valence-corrected chi connectivity index (χ1v) is 11.3. The molecule has 0 bridgehead atoms. The Hall–Kier alpha value is -4.41. The average molecular weight is 494 g/mol. The van der Waals surface area contributed by atoms with Crippen molar-refractivity contribution in [1.29, 1.82) is 0 Å². The van der Waals surface area contributed by atoms with Gasteiger partial charge in [-0.2, -0.15) is 0 Å². The smallest absolute Gasteiger partial charge is 0.313 e. The summed E-state index contributed by atoms with van der Waals surface area (Å²) in [6, 6.07) is 6.93. The number of benzene rings is 2. The Morgan fingerprint density at radius 1 is 1.31 bits per heavy atom. The number of aldehydes is 1. The molecule has 36 heavy (non-hydrogen) atoms. The number of nitrogens with one attached hydrogen (secondary N) is 2. The summed E-state index contributed by atoms with van der Waals surface area (Å²) in [4.78, 5) is 51.2. The summed E-state index contributed by atoms with van der Waals surface area (Å²) in [5.74, 6) is -1.75. The molecule has 2 aromatic carbocycles. The number of rotatable bonds is 6. The quantitative estimate of drug-likeness (QED) is 0.447. The fourth-order valence-corrected chi connectivity index (χ4v) is 4.85. The highest BCUT2D eigenvalue weighted by molar-refractivity contribution is 6.00. The van der Waals surface area contributed by atoms with Gasteiger partial charge in [-0.15, -0.1) is 0 Å². The van der Waals surface area contributed by atoms with Crippen LogP contribution in [-0.4, -0.2) is 49.2 Å². The number of nitrogens with zero attached hydrogens (tertiary/aromatic N) is 1. The highest BCUT2D eigenvalue weighted by atomic mass is 19.1.